The molecule has 1 aliphatic carbocycles. The molecular weight excluding hydrogens is 272 g/mol. The van der Waals surface area contributed by atoms with Crippen molar-refractivity contribution in [1.29, 1.82) is 0 Å². The smallest absolute Gasteiger partial charge is 0.320 e. The number of carbonyl (C=O) groups is 2. The van der Waals surface area contributed by atoms with Crippen molar-refractivity contribution in [3.63, 3.8) is 0 Å². The number of nitrogens with zero attached hydrogens (tertiary/aromatic N) is 2. The molecule has 2 fully saturated rings. The van der Waals surface area contributed by atoms with Crippen LogP contribution < -0.4 is 0 Å². The average molecular weight is 298 g/mol. The molecule has 0 aromatic heterocycles. The first kappa shape index (κ1) is 16.1. The summed E-state index contributed by atoms with van der Waals surface area (Å²) in [5.41, 5.74) is -0.705. The average Bonchev–Trinajstić information content (AvgIpc) is 2.41. The van der Waals surface area contributed by atoms with E-state index in [9.17, 15) is 14.7 Å². The van der Waals surface area contributed by atoms with E-state index in [1.54, 1.807) is 11.8 Å². The lowest BCUT2D eigenvalue weighted by molar-refractivity contribution is -0.150. The molecule has 2 N–H and O–H groups in total. The van der Waals surface area contributed by atoms with Crippen LogP contribution in [0.1, 0.15) is 45.4 Å². The van der Waals surface area contributed by atoms with Crippen LogP contribution in [0, 0.1) is 5.41 Å². The maximum atomic E-state index is 12.6. The first-order chi connectivity index (χ1) is 9.98. The Kier molecular flexibility index (Phi) is 5.08. The molecule has 2 rings (SSSR count). The summed E-state index contributed by atoms with van der Waals surface area (Å²) >= 11 is 0. The van der Waals surface area contributed by atoms with Gasteiger partial charge in [-0.1, -0.05) is 0 Å². The number of hydrogen-bond donors (Lipinski definition) is 2. The molecule has 1 heterocycles. The minimum atomic E-state index is -0.772. The molecule has 0 bridgehead atoms. The zero-order valence-corrected chi connectivity index (χ0v) is 12.8. The lowest BCUT2D eigenvalue weighted by Gasteiger charge is -2.43. The molecule has 2 amide bonds. The first-order valence-electron chi connectivity index (χ1n) is 7.88. The SMILES string of the molecule is CC1(C(=O)O)CCN(C(=O)N(CCCO)C2CCC2)CC1. The highest BCUT2D eigenvalue weighted by molar-refractivity contribution is 5.77. The topological polar surface area (TPSA) is 81.1 Å². The second-order valence-electron chi connectivity index (χ2n) is 6.49. The van der Waals surface area contributed by atoms with Gasteiger partial charge in [0.05, 0.1) is 5.41 Å². The van der Waals surface area contributed by atoms with Crippen LogP contribution in [0.25, 0.3) is 0 Å². The molecule has 0 radical (unpaired) electrons. The van der Waals surface area contributed by atoms with Gasteiger partial charge in [-0.25, -0.2) is 4.79 Å². The summed E-state index contributed by atoms with van der Waals surface area (Å²) in [6, 6.07) is 0.317. The molecule has 0 aromatic carbocycles. The molecule has 120 valence electrons. The van der Waals surface area contributed by atoms with Gasteiger partial charge in [-0.3, -0.25) is 4.79 Å². The maximum Gasteiger partial charge on any atom is 0.320 e. The number of urea groups is 1. The summed E-state index contributed by atoms with van der Waals surface area (Å²) in [5, 5.41) is 18.2. The van der Waals surface area contributed by atoms with Crippen molar-refractivity contribution in [2.45, 2.75) is 51.5 Å². The fourth-order valence-corrected chi connectivity index (χ4v) is 2.96. The van der Waals surface area contributed by atoms with Gasteiger partial charge in [0, 0.05) is 32.3 Å². The number of aliphatic carboxylic acids is 1. The molecule has 1 aliphatic heterocycles. The standard InChI is InChI=1S/C15H26N2O4/c1-15(13(19)20)6-9-16(10-7-15)14(21)17(8-3-11-18)12-4-2-5-12/h12,18H,2-11H2,1H3,(H,19,20). The van der Waals surface area contributed by atoms with Crippen molar-refractivity contribution in [3.8, 4) is 0 Å². The van der Waals surface area contributed by atoms with E-state index in [2.05, 4.69) is 0 Å². The van der Waals surface area contributed by atoms with Crippen LogP contribution >= 0.6 is 0 Å². The fraction of sp³-hybridized carbons (Fsp3) is 0.867. The first-order valence-corrected chi connectivity index (χ1v) is 7.88. The van der Waals surface area contributed by atoms with Crippen LogP contribution in [0.4, 0.5) is 4.79 Å². The minimum Gasteiger partial charge on any atom is -0.481 e. The summed E-state index contributed by atoms with van der Waals surface area (Å²) in [7, 11) is 0. The highest BCUT2D eigenvalue weighted by atomic mass is 16.4. The van der Waals surface area contributed by atoms with Gasteiger partial charge >= 0.3 is 12.0 Å². The van der Waals surface area contributed by atoms with E-state index in [1.807, 2.05) is 4.90 Å². The van der Waals surface area contributed by atoms with E-state index >= 15 is 0 Å². The van der Waals surface area contributed by atoms with Gasteiger partial charge < -0.3 is 20.0 Å². The second-order valence-corrected chi connectivity index (χ2v) is 6.49. The summed E-state index contributed by atoms with van der Waals surface area (Å²) in [6.45, 7) is 3.45. The van der Waals surface area contributed by atoms with Crippen molar-refractivity contribution >= 4 is 12.0 Å². The molecule has 1 saturated carbocycles. The molecule has 0 aromatic rings. The third kappa shape index (κ3) is 3.48. The van der Waals surface area contributed by atoms with E-state index in [4.69, 9.17) is 5.11 Å². The summed E-state index contributed by atoms with van der Waals surface area (Å²) < 4.78 is 0. The van der Waals surface area contributed by atoms with Gasteiger partial charge in [-0.05, 0) is 45.4 Å². The van der Waals surface area contributed by atoms with Crippen LogP contribution in [-0.2, 0) is 4.79 Å². The quantitative estimate of drug-likeness (QED) is 0.806. The molecule has 21 heavy (non-hydrogen) atoms. The van der Waals surface area contributed by atoms with Crippen molar-refractivity contribution < 1.29 is 19.8 Å². The summed E-state index contributed by atoms with van der Waals surface area (Å²) in [4.78, 5) is 27.5. The Bertz CT molecular complexity index is 387. The van der Waals surface area contributed by atoms with Gasteiger partial charge in [0.1, 0.15) is 0 Å². The van der Waals surface area contributed by atoms with Gasteiger partial charge in [-0.2, -0.15) is 0 Å². The minimum absolute atomic E-state index is 0.0144. The molecule has 6 heteroatoms. The highest BCUT2D eigenvalue weighted by Crippen LogP contribution is 2.32. The summed E-state index contributed by atoms with van der Waals surface area (Å²) in [6.07, 6.45) is 4.85. The third-order valence-electron chi connectivity index (χ3n) is 4.97. The van der Waals surface area contributed by atoms with E-state index < -0.39 is 11.4 Å². The number of aliphatic hydroxyl groups is 1. The zero-order chi connectivity index (χ0) is 15.5. The van der Waals surface area contributed by atoms with Gasteiger partial charge in [-0.15, -0.1) is 0 Å². The Morgan fingerprint density at radius 3 is 2.33 bits per heavy atom. The molecule has 0 spiro atoms. The lowest BCUT2D eigenvalue weighted by Crippen LogP contribution is -2.54. The second kappa shape index (κ2) is 6.64. The number of rotatable bonds is 5. The number of likely N-dealkylation sites (tertiary alicyclic amines) is 1. The monoisotopic (exact) mass is 298 g/mol. The number of amides is 2. The van der Waals surface area contributed by atoms with E-state index in [0.29, 0.717) is 44.9 Å². The van der Waals surface area contributed by atoms with Crippen molar-refractivity contribution in [3.05, 3.63) is 0 Å². The number of carbonyl (C=O) groups excluding carboxylic acids is 1. The van der Waals surface area contributed by atoms with Crippen LogP contribution in [0.15, 0.2) is 0 Å². The van der Waals surface area contributed by atoms with Crippen LogP contribution in [0.2, 0.25) is 0 Å². The van der Waals surface area contributed by atoms with E-state index in [-0.39, 0.29) is 12.6 Å². The molecule has 0 atom stereocenters. The number of aliphatic hydroxyl groups excluding tert-OH is 1. The Morgan fingerprint density at radius 1 is 1.29 bits per heavy atom. The van der Waals surface area contributed by atoms with Crippen LogP contribution in [0.5, 0.6) is 0 Å². The highest BCUT2D eigenvalue weighted by Gasteiger charge is 2.40. The van der Waals surface area contributed by atoms with Gasteiger partial charge in [0.15, 0.2) is 0 Å². The Hall–Kier alpha value is -1.30. The van der Waals surface area contributed by atoms with Crippen molar-refractivity contribution in [1.82, 2.24) is 9.80 Å². The Balaban J connectivity index is 1.93. The van der Waals surface area contributed by atoms with Gasteiger partial charge in [0.2, 0.25) is 0 Å². The third-order valence-corrected chi connectivity index (χ3v) is 4.97. The maximum absolute atomic E-state index is 12.6. The Morgan fingerprint density at radius 2 is 1.90 bits per heavy atom. The fourth-order valence-electron chi connectivity index (χ4n) is 2.96. The largest absolute Gasteiger partial charge is 0.481 e. The molecule has 6 nitrogen and oxygen atoms in total. The molecule has 1 saturated heterocycles. The predicted molar refractivity (Wildman–Crippen MR) is 78.0 cm³/mol. The number of carboxylic acid groups (broad SMARTS) is 1. The Labute approximate surface area is 125 Å². The molecule has 0 unspecified atom stereocenters. The van der Waals surface area contributed by atoms with E-state index in [1.165, 1.54) is 0 Å². The van der Waals surface area contributed by atoms with Crippen molar-refractivity contribution in [2.24, 2.45) is 5.41 Å². The number of piperidine rings is 1. The van der Waals surface area contributed by atoms with Crippen LogP contribution in [-0.4, -0.2) is 64.3 Å². The van der Waals surface area contributed by atoms with Crippen molar-refractivity contribution in [2.75, 3.05) is 26.2 Å². The molecule has 2 aliphatic rings. The molecular formula is C15H26N2O4. The summed E-state index contributed by atoms with van der Waals surface area (Å²) in [5.74, 6) is -0.772. The normalized spacial score (nSPS) is 21.7. The zero-order valence-electron chi connectivity index (χ0n) is 12.8. The van der Waals surface area contributed by atoms with E-state index in [0.717, 1.165) is 19.3 Å². The number of hydrogen-bond acceptors (Lipinski definition) is 3. The predicted octanol–water partition coefficient (Wildman–Crippen LogP) is 1.53. The van der Waals surface area contributed by atoms with Crippen LogP contribution in [0.3, 0.4) is 0 Å². The van der Waals surface area contributed by atoms with Gasteiger partial charge in [0.25, 0.3) is 0 Å². The lowest BCUT2D eigenvalue weighted by atomic mass is 9.80. The number of carboxylic acids is 1.